The van der Waals surface area contributed by atoms with Crippen LogP contribution in [0.1, 0.15) is 19.8 Å². The van der Waals surface area contributed by atoms with Crippen molar-refractivity contribution < 1.29 is 9.53 Å². The van der Waals surface area contributed by atoms with Crippen molar-refractivity contribution in [3.8, 4) is 0 Å². The third kappa shape index (κ3) is 1.44. The molecule has 0 spiro atoms. The van der Waals surface area contributed by atoms with Crippen molar-refractivity contribution in [3.05, 3.63) is 11.8 Å². The molecule has 1 heterocycles. The van der Waals surface area contributed by atoms with E-state index in [4.69, 9.17) is 4.74 Å². The summed E-state index contributed by atoms with van der Waals surface area (Å²) in [5.41, 5.74) is 0.786. The first kappa shape index (κ1) is 7.65. The molecular formula is C9H13NO2. The standard InChI is InChI=1S/C9H13NO2/c1-6-4-8(6)10-9(11)7-2-3-12-5-7/h5-6,8H,2-4H2,1H3,(H,10,11). The zero-order valence-corrected chi connectivity index (χ0v) is 7.17. The van der Waals surface area contributed by atoms with Gasteiger partial charge in [-0.05, 0) is 12.3 Å². The van der Waals surface area contributed by atoms with Crippen LogP contribution in [0.25, 0.3) is 0 Å². The molecule has 1 aliphatic heterocycles. The van der Waals surface area contributed by atoms with Gasteiger partial charge in [-0.1, -0.05) is 6.92 Å². The Hall–Kier alpha value is -0.990. The molecule has 0 aromatic carbocycles. The summed E-state index contributed by atoms with van der Waals surface area (Å²) >= 11 is 0. The van der Waals surface area contributed by atoms with Crippen LogP contribution in [0.4, 0.5) is 0 Å². The van der Waals surface area contributed by atoms with E-state index in [-0.39, 0.29) is 5.91 Å². The molecule has 2 rings (SSSR count). The van der Waals surface area contributed by atoms with Crippen LogP contribution < -0.4 is 5.32 Å². The minimum absolute atomic E-state index is 0.0573. The largest absolute Gasteiger partial charge is 0.500 e. The summed E-state index contributed by atoms with van der Waals surface area (Å²) in [7, 11) is 0. The van der Waals surface area contributed by atoms with Crippen molar-refractivity contribution in [2.45, 2.75) is 25.8 Å². The average Bonchev–Trinajstić information content (AvgIpc) is 2.58. The van der Waals surface area contributed by atoms with Gasteiger partial charge in [0.2, 0.25) is 0 Å². The van der Waals surface area contributed by atoms with Gasteiger partial charge in [0.15, 0.2) is 0 Å². The number of carbonyl (C=O) groups excluding carboxylic acids is 1. The lowest BCUT2D eigenvalue weighted by Gasteiger charge is -2.01. The summed E-state index contributed by atoms with van der Waals surface area (Å²) in [6.45, 7) is 2.80. The Bertz CT molecular complexity index is 235. The molecular weight excluding hydrogens is 154 g/mol. The van der Waals surface area contributed by atoms with Crippen LogP contribution in [-0.4, -0.2) is 18.6 Å². The van der Waals surface area contributed by atoms with Gasteiger partial charge in [0, 0.05) is 12.5 Å². The molecule has 0 saturated heterocycles. The van der Waals surface area contributed by atoms with Crippen molar-refractivity contribution in [2.75, 3.05) is 6.61 Å². The van der Waals surface area contributed by atoms with Crippen LogP contribution in [0, 0.1) is 5.92 Å². The first-order chi connectivity index (χ1) is 5.77. The minimum atomic E-state index is 0.0573. The van der Waals surface area contributed by atoms with Gasteiger partial charge in [0.05, 0.1) is 18.4 Å². The molecule has 2 atom stereocenters. The van der Waals surface area contributed by atoms with E-state index < -0.39 is 0 Å². The van der Waals surface area contributed by atoms with Gasteiger partial charge in [-0.2, -0.15) is 0 Å². The zero-order valence-electron chi connectivity index (χ0n) is 7.17. The molecule has 3 heteroatoms. The zero-order chi connectivity index (χ0) is 8.55. The first-order valence-corrected chi connectivity index (χ1v) is 4.39. The van der Waals surface area contributed by atoms with E-state index in [9.17, 15) is 4.79 Å². The molecule has 0 bridgehead atoms. The van der Waals surface area contributed by atoms with E-state index in [1.54, 1.807) is 6.26 Å². The molecule has 2 aliphatic rings. The van der Waals surface area contributed by atoms with Crippen LogP contribution in [0.5, 0.6) is 0 Å². The van der Waals surface area contributed by atoms with Crippen molar-refractivity contribution in [1.29, 1.82) is 0 Å². The second-order valence-corrected chi connectivity index (χ2v) is 3.56. The average molecular weight is 167 g/mol. The molecule has 0 aromatic rings. The molecule has 0 radical (unpaired) electrons. The van der Waals surface area contributed by atoms with Gasteiger partial charge in [0.1, 0.15) is 0 Å². The van der Waals surface area contributed by atoms with Gasteiger partial charge in [-0.25, -0.2) is 0 Å². The van der Waals surface area contributed by atoms with Crippen LogP contribution in [0.15, 0.2) is 11.8 Å². The van der Waals surface area contributed by atoms with E-state index in [2.05, 4.69) is 12.2 Å². The van der Waals surface area contributed by atoms with Gasteiger partial charge >= 0.3 is 0 Å². The predicted octanol–water partition coefficient (Wildman–Crippen LogP) is 0.815. The number of nitrogens with one attached hydrogen (secondary N) is 1. The van der Waals surface area contributed by atoms with E-state index in [1.807, 2.05) is 0 Å². The maximum atomic E-state index is 11.4. The van der Waals surface area contributed by atoms with Crippen LogP contribution in [0.3, 0.4) is 0 Å². The highest BCUT2D eigenvalue weighted by Crippen LogP contribution is 2.29. The predicted molar refractivity (Wildman–Crippen MR) is 44.4 cm³/mol. The highest BCUT2D eigenvalue weighted by atomic mass is 16.5. The number of hydrogen-bond acceptors (Lipinski definition) is 2. The molecule has 1 aliphatic carbocycles. The van der Waals surface area contributed by atoms with Gasteiger partial charge in [0.25, 0.3) is 5.91 Å². The molecule has 2 unspecified atom stereocenters. The quantitative estimate of drug-likeness (QED) is 0.661. The summed E-state index contributed by atoms with van der Waals surface area (Å²) < 4.78 is 4.98. The SMILES string of the molecule is CC1CC1NC(=O)C1=COCC1. The Balaban J connectivity index is 1.84. The summed E-state index contributed by atoms with van der Waals surface area (Å²) in [5, 5.41) is 2.96. The summed E-state index contributed by atoms with van der Waals surface area (Å²) in [5.74, 6) is 0.721. The van der Waals surface area contributed by atoms with E-state index in [0.717, 1.165) is 18.4 Å². The highest BCUT2D eigenvalue weighted by molar-refractivity contribution is 5.93. The topological polar surface area (TPSA) is 38.3 Å². The fourth-order valence-electron chi connectivity index (χ4n) is 1.34. The molecule has 1 saturated carbocycles. The number of hydrogen-bond donors (Lipinski definition) is 1. The van der Waals surface area contributed by atoms with Crippen molar-refractivity contribution >= 4 is 5.91 Å². The maximum Gasteiger partial charge on any atom is 0.250 e. The van der Waals surface area contributed by atoms with Crippen LogP contribution in [0.2, 0.25) is 0 Å². The Labute approximate surface area is 71.8 Å². The van der Waals surface area contributed by atoms with Gasteiger partial charge in [-0.15, -0.1) is 0 Å². The summed E-state index contributed by atoms with van der Waals surface area (Å²) in [4.78, 5) is 11.4. The van der Waals surface area contributed by atoms with Crippen molar-refractivity contribution in [3.63, 3.8) is 0 Å². The molecule has 1 N–H and O–H groups in total. The van der Waals surface area contributed by atoms with E-state index in [0.29, 0.717) is 18.6 Å². The second kappa shape index (κ2) is 2.81. The Morgan fingerprint density at radius 2 is 2.50 bits per heavy atom. The fraction of sp³-hybridized carbons (Fsp3) is 0.667. The van der Waals surface area contributed by atoms with Crippen LogP contribution in [-0.2, 0) is 9.53 Å². The normalized spacial score (nSPS) is 32.2. The van der Waals surface area contributed by atoms with Crippen LogP contribution >= 0.6 is 0 Å². The number of ether oxygens (including phenoxy) is 1. The lowest BCUT2D eigenvalue weighted by Crippen LogP contribution is -2.27. The smallest absolute Gasteiger partial charge is 0.250 e. The summed E-state index contributed by atoms with van der Waals surface area (Å²) in [6, 6.07) is 0.416. The van der Waals surface area contributed by atoms with Crippen molar-refractivity contribution in [1.82, 2.24) is 5.32 Å². The molecule has 12 heavy (non-hydrogen) atoms. The first-order valence-electron chi connectivity index (χ1n) is 4.39. The Kier molecular flexibility index (Phi) is 1.79. The Morgan fingerprint density at radius 1 is 1.75 bits per heavy atom. The number of rotatable bonds is 2. The number of carbonyl (C=O) groups is 1. The molecule has 1 fully saturated rings. The fourth-order valence-corrected chi connectivity index (χ4v) is 1.34. The van der Waals surface area contributed by atoms with Gasteiger partial charge < -0.3 is 10.1 Å². The summed E-state index contributed by atoms with van der Waals surface area (Å²) in [6.07, 6.45) is 3.45. The molecule has 0 aromatic heterocycles. The minimum Gasteiger partial charge on any atom is -0.500 e. The molecule has 66 valence electrons. The lowest BCUT2D eigenvalue weighted by molar-refractivity contribution is -0.117. The van der Waals surface area contributed by atoms with E-state index >= 15 is 0 Å². The third-order valence-corrected chi connectivity index (χ3v) is 2.43. The van der Waals surface area contributed by atoms with Crippen molar-refractivity contribution in [2.24, 2.45) is 5.92 Å². The monoisotopic (exact) mass is 167 g/mol. The van der Waals surface area contributed by atoms with Gasteiger partial charge in [-0.3, -0.25) is 4.79 Å². The maximum absolute atomic E-state index is 11.4. The lowest BCUT2D eigenvalue weighted by atomic mass is 10.2. The number of amides is 1. The van der Waals surface area contributed by atoms with E-state index in [1.165, 1.54) is 0 Å². The second-order valence-electron chi connectivity index (χ2n) is 3.56. The molecule has 3 nitrogen and oxygen atoms in total. The Morgan fingerprint density at radius 3 is 3.00 bits per heavy atom. The highest BCUT2D eigenvalue weighted by Gasteiger charge is 2.34. The third-order valence-electron chi connectivity index (χ3n) is 2.43. The molecule has 1 amide bonds.